The number of aliphatic hydroxyl groups is 1. The molecule has 1 saturated heterocycles. The summed E-state index contributed by atoms with van der Waals surface area (Å²) in [4.78, 5) is 48.5. The van der Waals surface area contributed by atoms with Crippen LogP contribution in [0.25, 0.3) is 0 Å². The molecule has 2 amide bonds. The molecule has 0 spiro atoms. The monoisotopic (exact) mass is 508 g/mol. The van der Waals surface area contributed by atoms with Crippen molar-refractivity contribution in [3.8, 4) is 0 Å². The molecule has 0 aromatic heterocycles. The van der Waals surface area contributed by atoms with Crippen molar-refractivity contribution < 1.29 is 72.1 Å². The summed E-state index contributed by atoms with van der Waals surface area (Å²) in [6, 6.07) is 4.51. The van der Waals surface area contributed by atoms with Gasteiger partial charge in [0, 0.05) is 17.5 Å². The van der Waals surface area contributed by atoms with Crippen LogP contribution in [0.2, 0.25) is 5.02 Å². The minimum absolute atomic E-state index is 0. The number of hydrogen-bond acceptors (Lipinski definition) is 9. The first-order valence-corrected chi connectivity index (χ1v) is 11.3. The summed E-state index contributed by atoms with van der Waals surface area (Å²) in [6.45, 7) is -0.241. The summed E-state index contributed by atoms with van der Waals surface area (Å²) >= 11 is 5.90. The molecular formula is C19H18ClN2NaO9S. The topological polar surface area (TPSA) is 170 Å². The zero-order valence-electron chi connectivity index (χ0n) is 17.6. The third-order valence-electron chi connectivity index (χ3n) is 5.05. The van der Waals surface area contributed by atoms with E-state index in [1.165, 1.54) is 12.1 Å². The number of carbonyl (C=O) groups excluding carboxylic acids is 4. The van der Waals surface area contributed by atoms with Crippen molar-refractivity contribution in [2.45, 2.75) is 24.3 Å². The van der Waals surface area contributed by atoms with E-state index in [9.17, 15) is 37.8 Å². The molecule has 0 aliphatic carbocycles. The van der Waals surface area contributed by atoms with E-state index in [1.807, 2.05) is 0 Å². The van der Waals surface area contributed by atoms with E-state index < -0.39 is 75.6 Å². The van der Waals surface area contributed by atoms with Crippen molar-refractivity contribution in [3.63, 3.8) is 0 Å². The van der Waals surface area contributed by atoms with Crippen LogP contribution in [-0.2, 0) is 33.8 Å². The third kappa shape index (κ3) is 5.42. The van der Waals surface area contributed by atoms with E-state index in [0.717, 1.165) is 6.92 Å². The number of benzene rings is 1. The van der Waals surface area contributed by atoms with E-state index in [4.69, 9.17) is 16.3 Å². The largest absolute Gasteiger partial charge is 1.00 e. The molecule has 0 saturated carbocycles. The maximum absolute atomic E-state index is 12.8. The SMILES string of the molecule is CC(=O)OCC1=C(C(=O)[O-])N2C(=O)[C@H](NC(=O)C(CO)c3cccc(Cl)c3)[C@@H]2S(=O)(=O)C1.[Na+]. The fraction of sp³-hybridized carbons (Fsp3) is 0.368. The number of sulfone groups is 1. The van der Waals surface area contributed by atoms with Gasteiger partial charge < -0.3 is 25.1 Å². The summed E-state index contributed by atoms with van der Waals surface area (Å²) in [5, 5.41) is 22.2. The second kappa shape index (κ2) is 10.5. The molecule has 0 radical (unpaired) electrons. The fourth-order valence-corrected chi connectivity index (χ4v) is 5.83. The van der Waals surface area contributed by atoms with Crippen LogP contribution < -0.4 is 40.0 Å². The minimum Gasteiger partial charge on any atom is -0.543 e. The molecule has 3 rings (SSSR count). The van der Waals surface area contributed by atoms with Crippen molar-refractivity contribution in [3.05, 3.63) is 46.1 Å². The van der Waals surface area contributed by atoms with Gasteiger partial charge in [-0.1, -0.05) is 23.7 Å². The van der Waals surface area contributed by atoms with Crippen LogP contribution in [-0.4, -0.2) is 72.6 Å². The number of hydrogen-bond donors (Lipinski definition) is 2. The van der Waals surface area contributed by atoms with Gasteiger partial charge in [-0.2, -0.15) is 0 Å². The first-order chi connectivity index (χ1) is 15.0. The number of carbonyl (C=O) groups is 4. The first-order valence-electron chi connectivity index (χ1n) is 9.26. The Morgan fingerprint density at radius 2 is 2.03 bits per heavy atom. The molecule has 1 aromatic carbocycles. The van der Waals surface area contributed by atoms with Gasteiger partial charge in [0.25, 0.3) is 5.91 Å². The number of carboxylic acid groups (broad SMARTS) is 1. The Morgan fingerprint density at radius 3 is 2.58 bits per heavy atom. The first kappa shape index (κ1) is 27.3. The van der Waals surface area contributed by atoms with Crippen LogP contribution in [0, 0.1) is 0 Å². The number of β-lactam (4-membered cyclic amide) rings is 1. The van der Waals surface area contributed by atoms with Crippen molar-refractivity contribution in [1.82, 2.24) is 10.2 Å². The normalized spacial score (nSPS) is 21.8. The number of aliphatic hydroxyl groups excluding tert-OH is 1. The van der Waals surface area contributed by atoms with E-state index >= 15 is 0 Å². The molecule has 14 heteroatoms. The van der Waals surface area contributed by atoms with E-state index in [1.54, 1.807) is 12.1 Å². The molecule has 2 aliphatic heterocycles. The number of ether oxygens (including phenoxy) is 1. The summed E-state index contributed by atoms with van der Waals surface area (Å²) in [5.41, 5.74) is -0.691. The standard InChI is InChI=1S/C19H19ClN2O9S.Na/c1-9(24)31-7-11-8-32(29,30)18-14(17(26)22(18)15(11)19(27)28)21-16(25)13(6-23)10-3-2-4-12(20)5-10;/h2-5,13-14,18,23H,6-8H2,1H3,(H,21,25)(H,27,28);/q;+1/p-1/t13?,14-,18-;/m0./s1. The number of amides is 2. The maximum Gasteiger partial charge on any atom is 1.00 e. The molecule has 1 fully saturated rings. The van der Waals surface area contributed by atoms with Crippen molar-refractivity contribution in [2.75, 3.05) is 19.0 Å². The second-order valence-corrected chi connectivity index (χ2v) is 9.74. The van der Waals surface area contributed by atoms with Gasteiger partial charge in [0.2, 0.25) is 5.91 Å². The van der Waals surface area contributed by atoms with Crippen molar-refractivity contribution in [1.29, 1.82) is 0 Å². The summed E-state index contributed by atoms with van der Waals surface area (Å²) < 4.78 is 30.2. The van der Waals surface area contributed by atoms with Crippen LogP contribution in [0.4, 0.5) is 0 Å². The van der Waals surface area contributed by atoms with Crippen LogP contribution in [0.5, 0.6) is 0 Å². The van der Waals surface area contributed by atoms with Gasteiger partial charge in [-0.15, -0.1) is 0 Å². The van der Waals surface area contributed by atoms with Gasteiger partial charge in [-0.05, 0) is 17.7 Å². The molecule has 172 valence electrons. The van der Waals surface area contributed by atoms with Gasteiger partial charge >= 0.3 is 35.5 Å². The van der Waals surface area contributed by atoms with E-state index in [-0.39, 0.29) is 35.1 Å². The Labute approximate surface area is 215 Å². The Morgan fingerprint density at radius 1 is 1.36 bits per heavy atom. The number of aliphatic carboxylic acids is 1. The Hall–Kier alpha value is -1.96. The number of esters is 1. The second-order valence-electron chi connectivity index (χ2n) is 7.20. The van der Waals surface area contributed by atoms with Crippen LogP contribution in [0.1, 0.15) is 18.4 Å². The number of fused-ring (bicyclic) bond motifs is 1. The number of carboxylic acids is 1. The van der Waals surface area contributed by atoms with E-state index in [0.29, 0.717) is 15.5 Å². The Balaban J connectivity index is 0.00000385. The zero-order chi connectivity index (χ0) is 23.8. The van der Waals surface area contributed by atoms with Crippen LogP contribution >= 0.6 is 11.6 Å². The summed E-state index contributed by atoms with van der Waals surface area (Å²) in [5.74, 6) is -6.37. The quantitative estimate of drug-likeness (QED) is 0.208. The van der Waals surface area contributed by atoms with Gasteiger partial charge in [0.05, 0.1) is 29.9 Å². The average molecular weight is 509 g/mol. The zero-order valence-corrected chi connectivity index (χ0v) is 21.2. The average Bonchev–Trinajstić information content (AvgIpc) is 2.70. The molecule has 2 N–H and O–H groups in total. The molecule has 1 unspecified atom stereocenters. The smallest absolute Gasteiger partial charge is 0.543 e. The van der Waals surface area contributed by atoms with Crippen LogP contribution in [0.15, 0.2) is 35.5 Å². The Bertz CT molecular complexity index is 1140. The van der Waals surface area contributed by atoms with E-state index in [2.05, 4.69) is 5.32 Å². The molecule has 11 nitrogen and oxygen atoms in total. The number of halogens is 1. The van der Waals surface area contributed by atoms with Crippen molar-refractivity contribution in [2.24, 2.45) is 0 Å². The molecule has 2 heterocycles. The summed E-state index contributed by atoms with van der Waals surface area (Å²) in [7, 11) is -4.15. The van der Waals surface area contributed by atoms with Gasteiger partial charge in [0.1, 0.15) is 12.6 Å². The number of nitrogens with one attached hydrogen (secondary N) is 1. The minimum atomic E-state index is -4.15. The number of nitrogens with zero attached hydrogens (tertiary/aromatic N) is 1. The predicted octanol–water partition coefficient (Wildman–Crippen LogP) is -4.93. The Kier molecular flexibility index (Phi) is 8.71. The fourth-order valence-electron chi connectivity index (χ4n) is 3.63. The maximum atomic E-state index is 12.8. The molecule has 0 bridgehead atoms. The third-order valence-corrected chi connectivity index (χ3v) is 7.26. The molecule has 2 aliphatic rings. The molecule has 1 aromatic rings. The summed E-state index contributed by atoms with van der Waals surface area (Å²) in [6.07, 6.45) is 0. The number of rotatable bonds is 7. The molecule has 3 atom stereocenters. The van der Waals surface area contributed by atoms with Gasteiger partial charge in [-0.25, -0.2) is 8.42 Å². The van der Waals surface area contributed by atoms with Gasteiger partial charge in [-0.3, -0.25) is 19.3 Å². The van der Waals surface area contributed by atoms with Crippen LogP contribution in [0.3, 0.4) is 0 Å². The van der Waals surface area contributed by atoms with Crippen molar-refractivity contribution >= 4 is 45.2 Å². The molecule has 33 heavy (non-hydrogen) atoms. The predicted molar refractivity (Wildman–Crippen MR) is 106 cm³/mol. The van der Waals surface area contributed by atoms with Gasteiger partial charge in [0.15, 0.2) is 15.2 Å². The molecular weight excluding hydrogens is 491 g/mol.